The summed E-state index contributed by atoms with van der Waals surface area (Å²) < 4.78 is 41.5. The van der Waals surface area contributed by atoms with Gasteiger partial charge in [0.25, 0.3) is 0 Å². The SMILES string of the molecule is CC(C)CC(C)(C)n1cc(-c2ccc3c(c2)CCN3C(=O)Cc2cccc(C(F)(F)F)c2)c2c(N)ncnc21. The summed E-state index contributed by atoms with van der Waals surface area (Å²) in [6.45, 7) is 9.23. The van der Waals surface area contributed by atoms with E-state index in [4.69, 9.17) is 5.73 Å². The molecule has 1 aliphatic heterocycles. The molecule has 9 heteroatoms. The first-order chi connectivity index (χ1) is 18.3. The van der Waals surface area contributed by atoms with Crippen molar-refractivity contribution >= 4 is 28.4 Å². The van der Waals surface area contributed by atoms with E-state index in [0.717, 1.165) is 52.0 Å². The van der Waals surface area contributed by atoms with E-state index in [1.165, 1.54) is 12.4 Å². The number of halogens is 3. The van der Waals surface area contributed by atoms with Crippen LogP contribution in [0.25, 0.3) is 22.2 Å². The molecule has 4 aromatic rings. The van der Waals surface area contributed by atoms with Gasteiger partial charge >= 0.3 is 6.18 Å². The van der Waals surface area contributed by atoms with Gasteiger partial charge in [-0.25, -0.2) is 9.97 Å². The van der Waals surface area contributed by atoms with E-state index in [1.54, 1.807) is 11.0 Å². The number of nitrogens with zero attached hydrogens (tertiary/aromatic N) is 4. The van der Waals surface area contributed by atoms with Gasteiger partial charge in [0.1, 0.15) is 17.8 Å². The molecule has 0 atom stereocenters. The van der Waals surface area contributed by atoms with Crippen molar-refractivity contribution < 1.29 is 18.0 Å². The number of nitrogen functional groups attached to an aromatic ring is 1. The van der Waals surface area contributed by atoms with Crippen molar-refractivity contribution in [3.8, 4) is 11.1 Å². The molecule has 0 aliphatic carbocycles. The van der Waals surface area contributed by atoms with Crippen LogP contribution in [0.3, 0.4) is 0 Å². The summed E-state index contributed by atoms with van der Waals surface area (Å²) in [7, 11) is 0. The molecule has 0 spiro atoms. The number of rotatable bonds is 6. The molecule has 6 nitrogen and oxygen atoms in total. The Bertz CT molecular complexity index is 1550. The van der Waals surface area contributed by atoms with E-state index < -0.39 is 11.7 Å². The van der Waals surface area contributed by atoms with Gasteiger partial charge in [0.15, 0.2) is 0 Å². The minimum absolute atomic E-state index is 0.0998. The lowest BCUT2D eigenvalue weighted by atomic mass is 9.92. The standard InChI is InChI=1S/C30H32F3N5O/c1-18(2)15-29(3,4)38-16-23(26-27(34)35-17-36-28(26)38)20-8-9-24-21(14-20)10-11-37(24)25(39)13-19-6-5-7-22(12-19)30(31,32)33/h5-9,12,14,16-18H,10-11,13,15H2,1-4H3,(H2,34,35,36). The Balaban J connectivity index is 1.47. The third kappa shape index (κ3) is 5.10. The second kappa shape index (κ2) is 9.70. The third-order valence-corrected chi connectivity index (χ3v) is 7.37. The minimum atomic E-state index is -4.45. The van der Waals surface area contributed by atoms with Crippen molar-refractivity contribution in [3.05, 3.63) is 71.7 Å². The fraction of sp³-hybridized carbons (Fsp3) is 0.367. The molecule has 39 heavy (non-hydrogen) atoms. The molecule has 204 valence electrons. The summed E-state index contributed by atoms with van der Waals surface area (Å²) in [5, 5.41) is 0.796. The molecule has 3 heterocycles. The largest absolute Gasteiger partial charge is 0.416 e. The third-order valence-electron chi connectivity index (χ3n) is 7.37. The summed E-state index contributed by atoms with van der Waals surface area (Å²) in [6, 6.07) is 10.9. The van der Waals surface area contributed by atoms with Crippen molar-refractivity contribution in [3.63, 3.8) is 0 Å². The van der Waals surface area contributed by atoms with Crippen LogP contribution in [0.15, 0.2) is 55.0 Å². The van der Waals surface area contributed by atoms with Gasteiger partial charge < -0.3 is 15.2 Å². The monoisotopic (exact) mass is 535 g/mol. The maximum absolute atomic E-state index is 13.1. The number of hydrogen-bond acceptors (Lipinski definition) is 4. The Hall–Kier alpha value is -3.88. The van der Waals surface area contributed by atoms with E-state index in [1.807, 2.05) is 12.1 Å². The van der Waals surface area contributed by atoms with E-state index in [-0.39, 0.29) is 17.9 Å². The summed E-state index contributed by atoms with van der Waals surface area (Å²) in [6.07, 6.45) is 0.633. The number of amides is 1. The fourth-order valence-corrected chi connectivity index (χ4v) is 5.82. The smallest absolute Gasteiger partial charge is 0.383 e. The molecule has 1 aliphatic rings. The average Bonchev–Trinajstić information content (AvgIpc) is 3.46. The Morgan fingerprint density at radius 2 is 1.87 bits per heavy atom. The number of aromatic nitrogens is 3. The van der Waals surface area contributed by atoms with Crippen LogP contribution in [0.2, 0.25) is 0 Å². The van der Waals surface area contributed by atoms with Crippen LogP contribution < -0.4 is 10.6 Å². The maximum Gasteiger partial charge on any atom is 0.416 e. The van der Waals surface area contributed by atoms with Gasteiger partial charge in [-0.05, 0) is 67.5 Å². The van der Waals surface area contributed by atoms with Gasteiger partial charge in [-0.2, -0.15) is 13.2 Å². The number of hydrogen-bond donors (Lipinski definition) is 1. The highest BCUT2D eigenvalue weighted by atomic mass is 19.4. The van der Waals surface area contributed by atoms with Crippen LogP contribution in [0.4, 0.5) is 24.7 Å². The highest BCUT2D eigenvalue weighted by molar-refractivity contribution is 6.02. The summed E-state index contributed by atoms with van der Waals surface area (Å²) in [5.41, 5.74) is 10.2. The van der Waals surface area contributed by atoms with Crippen LogP contribution in [-0.4, -0.2) is 27.0 Å². The maximum atomic E-state index is 13.1. The molecule has 1 amide bonds. The molecule has 5 rings (SSSR count). The number of fused-ring (bicyclic) bond motifs is 2. The molecule has 0 radical (unpaired) electrons. The first-order valence-electron chi connectivity index (χ1n) is 13.1. The molecule has 2 aromatic heterocycles. The predicted molar refractivity (Wildman–Crippen MR) is 147 cm³/mol. The van der Waals surface area contributed by atoms with Crippen LogP contribution >= 0.6 is 0 Å². The van der Waals surface area contributed by atoms with Gasteiger partial charge in [0.05, 0.1) is 17.4 Å². The summed E-state index contributed by atoms with van der Waals surface area (Å²) in [4.78, 5) is 23.6. The van der Waals surface area contributed by atoms with Crippen molar-refractivity contribution in [2.45, 2.75) is 58.7 Å². The van der Waals surface area contributed by atoms with Gasteiger partial charge in [-0.1, -0.05) is 38.1 Å². The number of anilines is 2. The topological polar surface area (TPSA) is 77.0 Å². The van der Waals surface area contributed by atoms with Crippen LogP contribution in [-0.2, 0) is 29.4 Å². The molecule has 0 bridgehead atoms. The van der Waals surface area contributed by atoms with Crippen molar-refractivity contribution in [1.82, 2.24) is 14.5 Å². The van der Waals surface area contributed by atoms with E-state index in [2.05, 4.69) is 54.5 Å². The minimum Gasteiger partial charge on any atom is -0.383 e. The number of carbonyl (C=O) groups excluding carboxylic acids is 1. The van der Waals surface area contributed by atoms with Gasteiger partial charge in [0, 0.05) is 29.5 Å². The highest BCUT2D eigenvalue weighted by Crippen LogP contribution is 2.40. The number of nitrogens with two attached hydrogens (primary N) is 1. The second-order valence-corrected chi connectivity index (χ2v) is 11.3. The van der Waals surface area contributed by atoms with Crippen LogP contribution in [0.1, 0.15) is 50.8 Å². The number of alkyl halides is 3. The zero-order valence-corrected chi connectivity index (χ0v) is 22.5. The first kappa shape index (κ1) is 26.7. The second-order valence-electron chi connectivity index (χ2n) is 11.3. The Morgan fingerprint density at radius 3 is 2.59 bits per heavy atom. The highest BCUT2D eigenvalue weighted by Gasteiger charge is 2.32. The molecule has 2 N–H and O–H groups in total. The van der Waals surface area contributed by atoms with Crippen LogP contribution in [0, 0.1) is 5.92 Å². The average molecular weight is 536 g/mol. The molecule has 0 fully saturated rings. The van der Waals surface area contributed by atoms with Crippen molar-refractivity contribution in [1.29, 1.82) is 0 Å². The lowest BCUT2D eigenvalue weighted by molar-refractivity contribution is -0.137. The van der Waals surface area contributed by atoms with Gasteiger partial charge in [-0.15, -0.1) is 0 Å². The van der Waals surface area contributed by atoms with E-state index in [9.17, 15) is 18.0 Å². The van der Waals surface area contributed by atoms with Crippen molar-refractivity contribution in [2.24, 2.45) is 5.92 Å². The lowest BCUT2D eigenvalue weighted by Gasteiger charge is -2.29. The van der Waals surface area contributed by atoms with E-state index in [0.29, 0.717) is 30.3 Å². The molecule has 0 saturated carbocycles. The van der Waals surface area contributed by atoms with Crippen molar-refractivity contribution in [2.75, 3.05) is 17.2 Å². The Labute approximate surface area is 225 Å². The molecular weight excluding hydrogens is 503 g/mol. The molecular formula is C30H32F3N5O. The Kier molecular flexibility index (Phi) is 6.64. The number of benzene rings is 2. The first-order valence-corrected chi connectivity index (χ1v) is 13.1. The molecule has 2 aromatic carbocycles. The molecule has 0 saturated heterocycles. The zero-order valence-electron chi connectivity index (χ0n) is 22.5. The molecule has 0 unspecified atom stereocenters. The fourth-order valence-electron chi connectivity index (χ4n) is 5.82. The summed E-state index contributed by atoms with van der Waals surface area (Å²) >= 11 is 0. The van der Waals surface area contributed by atoms with E-state index >= 15 is 0 Å². The lowest BCUT2D eigenvalue weighted by Crippen LogP contribution is -2.30. The predicted octanol–water partition coefficient (Wildman–Crippen LogP) is 6.61. The quantitative estimate of drug-likeness (QED) is 0.301. The summed E-state index contributed by atoms with van der Waals surface area (Å²) in [5.74, 6) is 0.664. The van der Waals surface area contributed by atoms with Gasteiger partial charge in [0.2, 0.25) is 5.91 Å². The zero-order chi connectivity index (χ0) is 28.1. The number of carbonyl (C=O) groups is 1. The Morgan fingerprint density at radius 1 is 1.10 bits per heavy atom. The van der Waals surface area contributed by atoms with Crippen LogP contribution in [0.5, 0.6) is 0 Å². The van der Waals surface area contributed by atoms with Gasteiger partial charge in [-0.3, -0.25) is 4.79 Å². The normalized spacial score (nSPS) is 13.9.